The normalized spacial score (nSPS) is 13.6. The molecule has 3 nitrogen and oxygen atoms in total. The van der Waals surface area contributed by atoms with Crippen LogP contribution in [-0.2, 0) is 10.0 Å². The Morgan fingerprint density at radius 2 is 1.88 bits per heavy atom. The van der Waals surface area contributed by atoms with Crippen LogP contribution in [0.4, 0.5) is 0 Å². The molecule has 0 bridgehead atoms. The van der Waals surface area contributed by atoms with Crippen molar-refractivity contribution in [3.8, 4) is 0 Å². The van der Waals surface area contributed by atoms with Crippen LogP contribution in [0.3, 0.4) is 0 Å². The van der Waals surface area contributed by atoms with Gasteiger partial charge in [0.05, 0.1) is 5.75 Å². The highest BCUT2D eigenvalue weighted by Crippen LogP contribution is 2.12. The molecule has 0 radical (unpaired) electrons. The maximum atomic E-state index is 11.7. The highest BCUT2D eigenvalue weighted by Gasteiger charge is 2.14. The first-order valence-electron chi connectivity index (χ1n) is 5.60. The summed E-state index contributed by atoms with van der Waals surface area (Å²) in [7, 11) is -3.14. The van der Waals surface area contributed by atoms with Gasteiger partial charge in [-0.2, -0.15) is 0 Å². The number of sulfonamides is 1. The van der Waals surface area contributed by atoms with Crippen LogP contribution in [-0.4, -0.2) is 14.2 Å². The van der Waals surface area contributed by atoms with Gasteiger partial charge in [0.25, 0.3) is 0 Å². The summed E-state index contributed by atoms with van der Waals surface area (Å²) in [6.07, 6.45) is 1.59. The molecular formula is C12H19NO2S. The van der Waals surface area contributed by atoms with Gasteiger partial charge >= 0.3 is 0 Å². The highest BCUT2D eigenvalue weighted by molar-refractivity contribution is 7.89. The van der Waals surface area contributed by atoms with Crippen LogP contribution in [0.15, 0.2) is 30.3 Å². The van der Waals surface area contributed by atoms with E-state index in [-0.39, 0.29) is 11.8 Å². The standard InChI is InChI=1S/C12H19NO2S/c1-3-4-10-16(14,15)13-11(2)12-8-6-5-7-9-12/h5-9,11,13H,3-4,10H2,1-2H3. The molecule has 0 aromatic heterocycles. The number of rotatable bonds is 6. The molecule has 1 rings (SSSR count). The summed E-state index contributed by atoms with van der Waals surface area (Å²) in [4.78, 5) is 0. The minimum Gasteiger partial charge on any atom is -0.212 e. The van der Waals surface area contributed by atoms with Crippen molar-refractivity contribution in [1.29, 1.82) is 0 Å². The lowest BCUT2D eigenvalue weighted by Gasteiger charge is -2.14. The summed E-state index contributed by atoms with van der Waals surface area (Å²) in [6.45, 7) is 3.84. The number of nitrogens with one attached hydrogen (secondary N) is 1. The molecule has 0 saturated heterocycles. The van der Waals surface area contributed by atoms with Crippen molar-refractivity contribution in [3.05, 3.63) is 35.9 Å². The topological polar surface area (TPSA) is 46.2 Å². The Morgan fingerprint density at radius 1 is 1.25 bits per heavy atom. The van der Waals surface area contributed by atoms with E-state index in [1.165, 1.54) is 0 Å². The maximum Gasteiger partial charge on any atom is 0.212 e. The fourth-order valence-electron chi connectivity index (χ4n) is 1.47. The van der Waals surface area contributed by atoms with E-state index in [1.807, 2.05) is 44.2 Å². The molecule has 0 saturated carbocycles. The third kappa shape index (κ3) is 4.33. The van der Waals surface area contributed by atoms with Crippen molar-refractivity contribution in [3.63, 3.8) is 0 Å². The number of hydrogen-bond acceptors (Lipinski definition) is 2. The van der Waals surface area contributed by atoms with Crippen molar-refractivity contribution < 1.29 is 8.42 Å². The van der Waals surface area contributed by atoms with Crippen LogP contribution in [0, 0.1) is 0 Å². The number of benzene rings is 1. The average Bonchev–Trinajstić information content (AvgIpc) is 2.27. The van der Waals surface area contributed by atoms with Crippen molar-refractivity contribution in [1.82, 2.24) is 4.72 Å². The van der Waals surface area contributed by atoms with Gasteiger partial charge in [0, 0.05) is 6.04 Å². The van der Waals surface area contributed by atoms with Crippen molar-refractivity contribution in [2.45, 2.75) is 32.7 Å². The predicted octanol–water partition coefficient (Wildman–Crippen LogP) is 2.47. The molecule has 0 heterocycles. The summed E-state index contributed by atoms with van der Waals surface area (Å²) < 4.78 is 26.0. The second-order valence-corrected chi connectivity index (χ2v) is 5.80. The number of unbranched alkanes of at least 4 members (excludes halogenated alkanes) is 1. The van der Waals surface area contributed by atoms with E-state index in [0.29, 0.717) is 6.42 Å². The van der Waals surface area contributed by atoms with Gasteiger partial charge in [0.2, 0.25) is 10.0 Å². The third-order valence-corrected chi connectivity index (χ3v) is 3.96. The fourth-order valence-corrected chi connectivity index (χ4v) is 2.93. The molecule has 0 aliphatic rings. The molecule has 4 heteroatoms. The summed E-state index contributed by atoms with van der Waals surface area (Å²) in [5.41, 5.74) is 0.988. The first kappa shape index (κ1) is 13.2. The molecule has 1 N–H and O–H groups in total. The SMILES string of the molecule is CCCCS(=O)(=O)NC(C)c1ccccc1. The van der Waals surface area contributed by atoms with Crippen LogP contribution < -0.4 is 4.72 Å². The van der Waals surface area contributed by atoms with Gasteiger partial charge in [-0.25, -0.2) is 13.1 Å². The molecule has 1 aromatic carbocycles. The van der Waals surface area contributed by atoms with Gasteiger partial charge in [-0.05, 0) is 18.9 Å². The predicted molar refractivity (Wildman–Crippen MR) is 66.7 cm³/mol. The smallest absolute Gasteiger partial charge is 0.212 e. The van der Waals surface area contributed by atoms with E-state index in [9.17, 15) is 8.42 Å². The quantitative estimate of drug-likeness (QED) is 0.831. The molecule has 16 heavy (non-hydrogen) atoms. The van der Waals surface area contributed by atoms with Crippen LogP contribution in [0.1, 0.15) is 38.3 Å². The van der Waals surface area contributed by atoms with E-state index in [4.69, 9.17) is 0 Å². The second-order valence-electron chi connectivity index (χ2n) is 3.92. The fraction of sp³-hybridized carbons (Fsp3) is 0.500. The molecule has 0 aliphatic carbocycles. The van der Waals surface area contributed by atoms with Gasteiger partial charge < -0.3 is 0 Å². The Kier molecular flexibility index (Phi) is 4.96. The molecule has 1 atom stereocenters. The molecule has 0 spiro atoms. The second kappa shape index (κ2) is 6.01. The molecule has 0 amide bonds. The molecule has 1 aromatic rings. The van der Waals surface area contributed by atoms with Crippen LogP contribution in [0.5, 0.6) is 0 Å². The molecule has 0 fully saturated rings. The Hall–Kier alpha value is -0.870. The summed E-state index contributed by atoms with van der Waals surface area (Å²) >= 11 is 0. The Balaban J connectivity index is 2.61. The van der Waals surface area contributed by atoms with Gasteiger partial charge in [-0.3, -0.25) is 0 Å². The van der Waals surface area contributed by atoms with Crippen LogP contribution >= 0.6 is 0 Å². The van der Waals surface area contributed by atoms with Crippen molar-refractivity contribution in [2.75, 3.05) is 5.75 Å². The maximum absolute atomic E-state index is 11.7. The zero-order valence-corrected chi connectivity index (χ0v) is 10.6. The molecule has 90 valence electrons. The average molecular weight is 241 g/mol. The minimum atomic E-state index is -3.14. The third-order valence-electron chi connectivity index (χ3n) is 2.42. The lowest BCUT2D eigenvalue weighted by atomic mass is 10.1. The lowest BCUT2D eigenvalue weighted by molar-refractivity contribution is 0.564. The van der Waals surface area contributed by atoms with Gasteiger partial charge in [0.15, 0.2) is 0 Å². The van der Waals surface area contributed by atoms with E-state index < -0.39 is 10.0 Å². The molecule has 0 aliphatic heterocycles. The Labute approximate surface area is 97.9 Å². The Bertz CT molecular complexity index is 400. The first-order valence-corrected chi connectivity index (χ1v) is 7.25. The van der Waals surface area contributed by atoms with Crippen molar-refractivity contribution in [2.24, 2.45) is 0 Å². The van der Waals surface area contributed by atoms with Crippen molar-refractivity contribution >= 4 is 10.0 Å². The largest absolute Gasteiger partial charge is 0.212 e. The molecular weight excluding hydrogens is 222 g/mol. The van der Waals surface area contributed by atoms with Crippen LogP contribution in [0.25, 0.3) is 0 Å². The van der Waals surface area contributed by atoms with Gasteiger partial charge in [-0.1, -0.05) is 43.7 Å². The highest BCUT2D eigenvalue weighted by atomic mass is 32.2. The monoisotopic (exact) mass is 241 g/mol. The number of hydrogen-bond donors (Lipinski definition) is 1. The Morgan fingerprint density at radius 3 is 2.44 bits per heavy atom. The zero-order chi connectivity index (χ0) is 12.0. The van der Waals surface area contributed by atoms with E-state index in [2.05, 4.69) is 4.72 Å². The first-order chi connectivity index (χ1) is 7.55. The van der Waals surface area contributed by atoms with E-state index >= 15 is 0 Å². The zero-order valence-electron chi connectivity index (χ0n) is 9.81. The minimum absolute atomic E-state index is 0.164. The molecule has 1 unspecified atom stereocenters. The van der Waals surface area contributed by atoms with Crippen LogP contribution in [0.2, 0.25) is 0 Å². The van der Waals surface area contributed by atoms with E-state index in [1.54, 1.807) is 0 Å². The van der Waals surface area contributed by atoms with Gasteiger partial charge in [-0.15, -0.1) is 0 Å². The summed E-state index contributed by atoms with van der Waals surface area (Å²) in [6, 6.07) is 9.42. The van der Waals surface area contributed by atoms with E-state index in [0.717, 1.165) is 12.0 Å². The summed E-state index contributed by atoms with van der Waals surface area (Å²) in [5.74, 6) is 0.209. The lowest BCUT2D eigenvalue weighted by Crippen LogP contribution is -2.29. The summed E-state index contributed by atoms with van der Waals surface area (Å²) in [5, 5.41) is 0. The van der Waals surface area contributed by atoms with Gasteiger partial charge in [0.1, 0.15) is 0 Å².